The van der Waals surface area contributed by atoms with Crippen LogP contribution in [-0.2, 0) is 0 Å². The highest BCUT2D eigenvalue weighted by atomic mass is 16.4. The number of para-hydroxylation sites is 1. The molecule has 0 bridgehead atoms. The summed E-state index contributed by atoms with van der Waals surface area (Å²) in [5.74, 6) is 0.832. The van der Waals surface area contributed by atoms with Crippen molar-refractivity contribution in [2.45, 2.75) is 32.7 Å². The summed E-state index contributed by atoms with van der Waals surface area (Å²) in [4.78, 5) is 6.83. The molecular weight excluding hydrogens is 264 g/mol. The number of rotatable bonds is 5. The highest BCUT2D eigenvalue weighted by Gasteiger charge is 2.19. The lowest BCUT2D eigenvalue weighted by Gasteiger charge is -2.29. The minimum Gasteiger partial charge on any atom is -0.409 e. The second-order valence-corrected chi connectivity index (χ2v) is 5.12. The molecule has 2 aromatic rings. The third kappa shape index (κ3) is 2.91. The Bertz CT molecular complexity index is 650. The van der Waals surface area contributed by atoms with Gasteiger partial charge in [-0.25, -0.2) is 4.98 Å². The SMILES string of the molecule is CCC(CC)N(C)c1nc2ccccc2cc1C(N)=NO. The van der Waals surface area contributed by atoms with Gasteiger partial charge in [0.1, 0.15) is 5.82 Å². The molecule has 5 heteroatoms. The van der Waals surface area contributed by atoms with E-state index in [9.17, 15) is 0 Å². The summed E-state index contributed by atoms with van der Waals surface area (Å²) < 4.78 is 0. The van der Waals surface area contributed by atoms with Crippen molar-refractivity contribution in [3.05, 3.63) is 35.9 Å². The van der Waals surface area contributed by atoms with Crippen LogP contribution in [0.1, 0.15) is 32.3 Å². The van der Waals surface area contributed by atoms with E-state index >= 15 is 0 Å². The molecule has 1 heterocycles. The van der Waals surface area contributed by atoms with Gasteiger partial charge in [-0.05, 0) is 25.0 Å². The summed E-state index contributed by atoms with van der Waals surface area (Å²) in [7, 11) is 2.00. The molecule has 112 valence electrons. The zero-order valence-corrected chi connectivity index (χ0v) is 12.7. The molecular formula is C16H22N4O. The minimum absolute atomic E-state index is 0.0843. The van der Waals surface area contributed by atoms with Gasteiger partial charge in [-0.1, -0.05) is 37.2 Å². The van der Waals surface area contributed by atoms with Gasteiger partial charge in [-0.2, -0.15) is 0 Å². The summed E-state index contributed by atoms with van der Waals surface area (Å²) in [5, 5.41) is 13.2. The fraction of sp³-hybridized carbons (Fsp3) is 0.375. The van der Waals surface area contributed by atoms with E-state index in [1.54, 1.807) is 0 Å². The van der Waals surface area contributed by atoms with Crippen molar-refractivity contribution in [3.8, 4) is 0 Å². The first-order valence-electron chi connectivity index (χ1n) is 7.22. The van der Waals surface area contributed by atoms with Crippen LogP contribution in [0.25, 0.3) is 10.9 Å². The average molecular weight is 286 g/mol. The van der Waals surface area contributed by atoms with E-state index < -0.39 is 0 Å². The monoisotopic (exact) mass is 286 g/mol. The smallest absolute Gasteiger partial charge is 0.173 e. The molecule has 0 radical (unpaired) electrons. The summed E-state index contributed by atoms with van der Waals surface area (Å²) in [6, 6.07) is 10.1. The first-order valence-corrected chi connectivity index (χ1v) is 7.22. The summed E-state index contributed by atoms with van der Waals surface area (Å²) in [6.07, 6.45) is 2.02. The van der Waals surface area contributed by atoms with E-state index in [1.807, 2.05) is 37.4 Å². The predicted molar refractivity (Wildman–Crippen MR) is 87.0 cm³/mol. The Morgan fingerprint density at radius 1 is 1.33 bits per heavy atom. The fourth-order valence-electron chi connectivity index (χ4n) is 2.63. The average Bonchev–Trinajstić information content (AvgIpc) is 2.53. The Kier molecular flexibility index (Phi) is 4.62. The normalized spacial score (nSPS) is 12.1. The second kappa shape index (κ2) is 6.43. The predicted octanol–water partition coefficient (Wildman–Crippen LogP) is 2.95. The molecule has 2 rings (SSSR count). The Balaban J connectivity index is 2.63. The molecule has 0 spiro atoms. The third-order valence-corrected chi connectivity index (χ3v) is 3.91. The standard InChI is InChI=1S/C16H22N4O/c1-4-12(5-2)20(3)16-13(15(17)19-21)10-11-8-6-7-9-14(11)18-16/h6-10,12,21H,4-5H2,1-3H3,(H2,17,19). The van der Waals surface area contributed by atoms with Gasteiger partial charge in [-0.15, -0.1) is 0 Å². The van der Waals surface area contributed by atoms with Crippen molar-refractivity contribution in [3.63, 3.8) is 0 Å². The number of pyridine rings is 1. The first kappa shape index (κ1) is 15.1. The Hall–Kier alpha value is -2.30. The third-order valence-electron chi connectivity index (χ3n) is 3.91. The molecule has 0 atom stereocenters. The van der Waals surface area contributed by atoms with E-state index in [0.717, 1.165) is 29.6 Å². The van der Waals surface area contributed by atoms with E-state index in [0.29, 0.717) is 11.6 Å². The molecule has 1 aromatic carbocycles. The minimum atomic E-state index is 0.0843. The van der Waals surface area contributed by atoms with Crippen molar-refractivity contribution >= 4 is 22.6 Å². The lowest BCUT2D eigenvalue weighted by molar-refractivity contribution is 0.318. The van der Waals surface area contributed by atoms with Crippen LogP contribution >= 0.6 is 0 Å². The highest BCUT2D eigenvalue weighted by Crippen LogP contribution is 2.25. The number of amidine groups is 1. The molecule has 0 fully saturated rings. The lowest BCUT2D eigenvalue weighted by Crippen LogP contribution is -2.33. The number of nitrogens with zero attached hydrogens (tertiary/aromatic N) is 3. The van der Waals surface area contributed by atoms with Gasteiger partial charge >= 0.3 is 0 Å². The molecule has 0 aliphatic rings. The van der Waals surface area contributed by atoms with Crippen LogP contribution in [-0.4, -0.2) is 29.1 Å². The number of oxime groups is 1. The quantitative estimate of drug-likeness (QED) is 0.383. The Morgan fingerprint density at radius 3 is 2.62 bits per heavy atom. The number of nitrogens with two attached hydrogens (primary N) is 1. The van der Waals surface area contributed by atoms with E-state index in [1.165, 1.54) is 0 Å². The maximum Gasteiger partial charge on any atom is 0.173 e. The second-order valence-electron chi connectivity index (χ2n) is 5.12. The van der Waals surface area contributed by atoms with Gasteiger partial charge in [0.25, 0.3) is 0 Å². The number of fused-ring (bicyclic) bond motifs is 1. The van der Waals surface area contributed by atoms with Gasteiger partial charge < -0.3 is 15.8 Å². The zero-order valence-electron chi connectivity index (χ0n) is 12.7. The zero-order chi connectivity index (χ0) is 15.4. The van der Waals surface area contributed by atoms with Crippen LogP contribution in [0, 0.1) is 0 Å². The molecule has 1 aromatic heterocycles. The lowest BCUT2D eigenvalue weighted by atomic mass is 10.1. The Morgan fingerprint density at radius 2 is 2.00 bits per heavy atom. The van der Waals surface area contributed by atoms with Gasteiger partial charge in [0.15, 0.2) is 5.84 Å². The van der Waals surface area contributed by atoms with Gasteiger partial charge in [0, 0.05) is 18.5 Å². The van der Waals surface area contributed by atoms with Crippen LogP contribution in [0.2, 0.25) is 0 Å². The number of hydrogen-bond acceptors (Lipinski definition) is 4. The molecule has 0 aliphatic carbocycles. The number of anilines is 1. The summed E-state index contributed by atoms with van der Waals surface area (Å²) in [5.41, 5.74) is 7.40. The number of aromatic nitrogens is 1. The maximum absolute atomic E-state index is 9.04. The first-order chi connectivity index (χ1) is 10.1. The van der Waals surface area contributed by atoms with E-state index in [-0.39, 0.29) is 5.84 Å². The maximum atomic E-state index is 9.04. The Labute approximate surface area is 125 Å². The van der Waals surface area contributed by atoms with Crippen molar-refractivity contribution in [2.24, 2.45) is 10.9 Å². The van der Waals surface area contributed by atoms with Gasteiger partial charge in [0.2, 0.25) is 0 Å². The van der Waals surface area contributed by atoms with Crippen LogP contribution in [0.3, 0.4) is 0 Å². The van der Waals surface area contributed by atoms with Gasteiger partial charge in [-0.3, -0.25) is 0 Å². The molecule has 5 nitrogen and oxygen atoms in total. The molecule has 0 saturated heterocycles. The topological polar surface area (TPSA) is 74.7 Å². The molecule has 3 N–H and O–H groups in total. The van der Waals surface area contributed by atoms with Crippen molar-refractivity contribution in [2.75, 3.05) is 11.9 Å². The molecule has 0 unspecified atom stereocenters. The van der Waals surface area contributed by atoms with Crippen LogP contribution < -0.4 is 10.6 Å². The fourth-order valence-corrected chi connectivity index (χ4v) is 2.63. The number of hydrogen-bond donors (Lipinski definition) is 2. The number of benzene rings is 1. The van der Waals surface area contributed by atoms with Crippen molar-refractivity contribution in [1.82, 2.24) is 4.98 Å². The summed E-state index contributed by atoms with van der Waals surface area (Å²) >= 11 is 0. The molecule has 21 heavy (non-hydrogen) atoms. The van der Waals surface area contributed by atoms with Crippen molar-refractivity contribution < 1.29 is 5.21 Å². The molecule has 0 amide bonds. The van der Waals surface area contributed by atoms with E-state index in [4.69, 9.17) is 15.9 Å². The van der Waals surface area contributed by atoms with Crippen molar-refractivity contribution in [1.29, 1.82) is 0 Å². The van der Waals surface area contributed by atoms with Crippen LogP contribution in [0.15, 0.2) is 35.5 Å². The highest BCUT2D eigenvalue weighted by molar-refractivity contribution is 6.04. The van der Waals surface area contributed by atoms with Crippen LogP contribution in [0.5, 0.6) is 0 Å². The molecule has 0 aliphatic heterocycles. The summed E-state index contributed by atoms with van der Waals surface area (Å²) in [6.45, 7) is 4.30. The van der Waals surface area contributed by atoms with E-state index in [2.05, 4.69) is 23.9 Å². The van der Waals surface area contributed by atoms with Gasteiger partial charge in [0.05, 0.1) is 11.1 Å². The largest absolute Gasteiger partial charge is 0.409 e. The van der Waals surface area contributed by atoms with Crippen LogP contribution in [0.4, 0.5) is 5.82 Å². The molecule has 0 saturated carbocycles.